The van der Waals surface area contributed by atoms with E-state index in [1.165, 1.54) is 24.0 Å². The smallest absolute Gasteiger partial charge is 0.444 e. The number of aromatic nitrogens is 1. The Hall–Kier alpha value is -2.58. The normalized spacial score (nSPS) is 21.5. The van der Waals surface area contributed by atoms with Crippen molar-refractivity contribution in [2.24, 2.45) is 11.8 Å². The average Bonchev–Trinajstić information content (AvgIpc) is 3.16. The molecule has 1 aromatic carbocycles. The lowest BCUT2D eigenvalue weighted by molar-refractivity contribution is 0.00578. The zero-order valence-electron chi connectivity index (χ0n) is 26.8. The predicted octanol–water partition coefficient (Wildman–Crippen LogP) is 6.03. The third-order valence-corrected chi connectivity index (χ3v) is 9.57. The van der Waals surface area contributed by atoms with Gasteiger partial charge in [-0.15, -0.1) is 0 Å². The second-order valence-corrected chi connectivity index (χ2v) is 14.6. The molecule has 3 aliphatic heterocycles. The molecule has 7 nitrogen and oxygen atoms in total. The molecule has 3 saturated heterocycles. The molecule has 1 aromatic heterocycles. The Morgan fingerprint density at radius 3 is 1.88 bits per heavy atom. The lowest BCUT2D eigenvalue weighted by atomic mass is 9.79. The molecule has 1 amide bonds. The first-order valence-electron chi connectivity index (χ1n) is 15.9. The number of carbonyl (C=O) groups excluding carboxylic acids is 1. The van der Waals surface area contributed by atoms with Gasteiger partial charge in [-0.1, -0.05) is 24.3 Å². The number of benzene rings is 1. The second-order valence-electron chi connectivity index (χ2n) is 14.6. The zero-order chi connectivity index (χ0) is 30.1. The van der Waals surface area contributed by atoms with E-state index < -0.39 is 5.60 Å². The number of amides is 1. The van der Waals surface area contributed by atoms with E-state index in [1.807, 2.05) is 37.9 Å². The maximum absolute atomic E-state index is 12.4. The highest BCUT2D eigenvalue weighted by Crippen LogP contribution is 2.36. The molecule has 0 spiro atoms. The fourth-order valence-corrected chi connectivity index (χ4v) is 6.22. The molecule has 5 rings (SSSR count). The standard InChI is InChI=1S/C34H50BN3O4/c1-32(2,3)40-31(39)38-20-15-28(16-21-38)23-26-10-8-25(9-11-26)22-27-13-18-37(19-14-27)30-24-29(12-17-36-30)35-41-33(4,5)34(6,7)42-35/h8-12,17,24,27-28H,13-16,18-23H2,1-7H3. The first-order valence-corrected chi connectivity index (χ1v) is 15.9. The van der Waals surface area contributed by atoms with Gasteiger partial charge in [-0.05, 0) is 128 Å². The van der Waals surface area contributed by atoms with Crippen LogP contribution in [0.5, 0.6) is 0 Å². The molecule has 0 radical (unpaired) electrons. The Bertz CT molecular complexity index is 1190. The quantitative estimate of drug-likeness (QED) is 0.392. The number of ether oxygens (including phenoxy) is 1. The van der Waals surface area contributed by atoms with Crippen molar-refractivity contribution < 1.29 is 18.8 Å². The molecular formula is C34H50BN3O4. The summed E-state index contributed by atoms with van der Waals surface area (Å²) in [4.78, 5) is 21.3. The SMILES string of the molecule is CC(C)(C)OC(=O)N1CCC(Cc2ccc(CC3CCN(c4cc(B5OC(C)(C)C(C)(C)O5)ccn4)CC3)cc2)CC1. The van der Waals surface area contributed by atoms with Gasteiger partial charge in [-0.2, -0.15) is 0 Å². The molecule has 3 fully saturated rings. The number of hydrogen-bond donors (Lipinski definition) is 0. The minimum Gasteiger partial charge on any atom is -0.444 e. The number of nitrogens with zero attached hydrogens (tertiary/aromatic N) is 3. The van der Waals surface area contributed by atoms with E-state index in [-0.39, 0.29) is 24.4 Å². The molecule has 2 aromatic rings. The number of carbonyl (C=O) groups is 1. The lowest BCUT2D eigenvalue weighted by Gasteiger charge is -2.33. The van der Waals surface area contributed by atoms with Gasteiger partial charge >= 0.3 is 13.2 Å². The molecule has 0 N–H and O–H groups in total. The number of rotatable bonds is 6. The van der Waals surface area contributed by atoms with Crippen LogP contribution in [0.25, 0.3) is 0 Å². The van der Waals surface area contributed by atoms with Gasteiger partial charge in [0.2, 0.25) is 0 Å². The van der Waals surface area contributed by atoms with Gasteiger partial charge in [0.15, 0.2) is 0 Å². The minimum absolute atomic E-state index is 0.178. The van der Waals surface area contributed by atoms with Gasteiger partial charge in [0, 0.05) is 32.4 Å². The molecule has 0 atom stereocenters. The molecule has 3 aliphatic rings. The average molecular weight is 576 g/mol. The molecule has 0 saturated carbocycles. The van der Waals surface area contributed by atoms with Crippen LogP contribution < -0.4 is 10.4 Å². The fraction of sp³-hybridized carbons (Fsp3) is 0.647. The second kappa shape index (κ2) is 12.2. The van der Waals surface area contributed by atoms with Crippen LogP contribution in [0.1, 0.15) is 85.3 Å². The minimum atomic E-state index is -0.439. The molecule has 4 heterocycles. The summed E-state index contributed by atoms with van der Waals surface area (Å²) < 4.78 is 18.1. The topological polar surface area (TPSA) is 64.1 Å². The van der Waals surface area contributed by atoms with Crippen LogP contribution in [0.3, 0.4) is 0 Å². The van der Waals surface area contributed by atoms with Crippen molar-refractivity contribution in [3.05, 3.63) is 53.7 Å². The predicted molar refractivity (Wildman–Crippen MR) is 169 cm³/mol. The third kappa shape index (κ3) is 7.49. The summed E-state index contributed by atoms with van der Waals surface area (Å²) >= 11 is 0. The van der Waals surface area contributed by atoms with E-state index in [9.17, 15) is 4.79 Å². The van der Waals surface area contributed by atoms with Crippen molar-refractivity contribution in [3.63, 3.8) is 0 Å². The van der Waals surface area contributed by atoms with E-state index >= 15 is 0 Å². The van der Waals surface area contributed by atoms with Gasteiger partial charge in [0.25, 0.3) is 0 Å². The number of anilines is 1. The van der Waals surface area contributed by atoms with Crippen molar-refractivity contribution in [2.45, 2.75) is 104 Å². The summed E-state index contributed by atoms with van der Waals surface area (Å²) in [7, 11) is -0.359. The summed E-state index contributed by atoms with van der Waals surface area (Å²) in [5.74, 6) is 2.33. The number of piperidine rings is 2. The van der Waals surface area contributed by atoms with Gasteiger partial charge in [0.05, 0.1) is 11.2 Å². The Kier molecular flexibility index (Phi) is 8.96. The van der Waals surface area contributed by atoms with Crippen LogP contribution in [-0.2, 0) is 26.9 Å². The summed E-state index contributed by atoms with van der Waals surface area (Å²) in [5, 5.41) is 0. The summed E-state index contributed by atoms with van der Waals surface area (Å²) in [6.45, 7) is 17.7. The van der Waals surface area contributed by atoms with Crippen LogP contribution in [0, 0.1) is 11.8 Å². The first kappa shape index (κ1) is 30.9. The highest BCUT2D eigenvalue weighted by molar-refractivity contribution is 6.62. The van der Waals surface area contributed by atoms with Crippen LogP contribution >= 0.6 is 0 Å². The van der Waals surface area contributed by atoms with Gasteiger partial charge < -0.3 is 23.8 Å². The molecule has 0 aliphatic carbocycles. The summed E-state index contributed by atoms with van der Waals surface area (Å²) in [5.41, 5.74) is 2.73. The van der Waals surface area contributed by atoms with Crippen LogP contribution in [0.15, 0.2) is 42.6 Å². The van der Waals surface area contributed by atoms with Gasteiger partial charge in [0.1, 0.15) is 11.4 Å². The van der Waals surface area contributed by atoms with Crippen LogP contribution in [0.4, 0.5) is 10.6 Å². The highest BCUT2D eigenvalue weighted by atomic mass is 16.7. The monoisotopic (exact) mass is 575 g/mol. The Labute approximate surface area is 253 Å². The summed E-state index contributed by atoms with van der Waals surface area (Å²) in [6, 6.07) is 13.4. The Morgan fingerprint density at radius 2 is 1.38 bits per heavy atom. The van der Waals surface area contributed by atoms with Crippen molar-refractivity contribution in [3.8, 4) is 0 Å². The molecule has 228 valence electrons. The van der Waals surface area contributed by atoms with Crippen molar-refractivity contribution >= 4 is 24.5 Å². The van der Waals surface area contributed by atoms with Crippen LogP contribution in [-0.4, -0.2) is 66.1 Å². The zero-order valence-corrected chi connectivity index (χ0v) is 26.8. The Balaban J connectivity index is 1.06. The van der Waals surface area contributed by atoms with Gasteiger partial charge in [-0.3, -0.25) is 0 Å². The van der Waals surface area contributed by atoms with E-state index in [4.69, 9.17) is 14.0 Å². The summed E-state index contributed by atoms with van der Waals surface area (Å²) in [6.07, 6.45) is 8.32. The highest BCUT2D eigenvalue weighted by Gasteiger charge is 2.51. The van der Waals surface area contributed by atoms with E-state index in [0.717, 1.165) is 63.1 Å². The molecule has 42 heavy (non-hydrogen) atoms. The Morgan fingerprint density at radius 1 is 0.881 bits per heavy atom. The number of pyridine rings is 1. The third-order valence-electron chi connectivity index (χ3n) is 9.57. The fourth-order valence-electron chi connectivity index (χ4n) is 6.22. The van der Waals surface area contributed by atoms with Crippen molar-refractivity contribution in [1.29, 1.82) is 0 Å². The van der Waals surface area contributed by atoms with E-state index in [0.29, 0.717) is 11.8 Å². The maximum atomic E-state index is 12.4. The number of hydrogen-bond acceptors (Lipinski definition) is 6. The maximum Gasteiger partial charge on any atom is 0.495 e. The molecular weight excluding hydrogens is 525 g/mol. The van der Waals surface area contributed by atoms with Gasteiger partial charge in [-0.25, -0.2) is 9.78 Å². The largest absolute Gasteiger partial charge is 0.495 e. The van der Waals surface area contributed by atoms with Crippen molar-refractivity contribution in [2.75, 3.05) is 31.1 Å². The first-order chi connectivity index (χ1) is 19.8. The van der Waals surface area contributed by atoms with Crippen LogP contribution in [0.2, 0.25) is 0 Å². The molecule has 8 heteroatoms. The lowest BCUT2D eigenvalue weighted by Crippen LogP contribution is -2.42. The number of likely N-dealkylation sites (tertiary alicyclic amines) is 1. The molecule has 0 bridgehead atoms. The van der Waals surface area contributed by atoms with E-state index in [1.54, 1.807) is 0 Å². The van der Waals surface area contributed by atoms with E-state index in [2.05, 4.69) is 67.9 Å². The van der Waals surface area contributed by atoms with Crippen molar-refractivity contribution in [1.82, 2.24) is 9.88 Å². The molecule has 0 unspecified atom stereocenters.